The third-order valence-electron chi connectivity index (χ3n) is 4.18. The quantitative estimate of drug-likeness (QED) is 0.600. The van der Waals surface area contributed by atoms with Crippen LogP contribution in [0.2, 0.25) is 5.02 Å². The third-order valence-corrected chi connectivity index (χ3v) is 5.02. The Hall–Kier alpha value is -0.310. The van der Waals surface area contributed by atoms with Gasteiger partial charge < -0.3 is 5.32 Å². The number of nitrogens with one attached hydrogen (secondary N) is 1. The van der Waals surface area contributed by atoms with Gasteiger partial charge in [0, 0.05) is 16.0 Å². The molecule has 116 valence electrons. The van der Waals surface area contributed by atoms with Crippen molar-refractivity contribution in [2.24, 2.45) is 5.92 Å². The van der Waals surface area contributed by atoms with E-state index in [0.29, 0.717) is 0 Å². The van der Waals surface area contributed by atoms with Crippen LogP contribution in [0.4, 0.5) is 0 Å². The van der Waals surface area contributed by atoms with Gasteiger partial charge in [-0.25, -0.2) is 0 Å². The predicted molar refractivity (Wildman–Crippen MR) is 96.9 cm³/mol. The molecule has 1 nitrogen and oxygen atoms in total. The van der Waals surface area contributed by atoms with Crippen LogP contribution in [0.3, 0.4) is 0 Å². The molecule has 1 saturated carbocycles. The van der Waals surface area contributed by atoms with Crippen molar-refractivity contribution in [3.8, 4) is 0 Å². The normalized spacial score (nSPS) is 17.2. The maximum atomic E-state index is 6.35. The second-order valence-electron chi connectivity index (χ2n) is 5.90. The maximum Gasteiger partial charge on any atom is 0.0479 e. The number of hydrogen-bond donors (Lipinski definition) is 1. The zero-order valence-corrected chi connectivity index (χ0v) is 15.1. The van der Waals surface area contributed by atoms with Crippen molar-refractivity contribution >= 4 is 33.6 Å². The largest absolute Gasteiger partial charge is 0.313 e. The van der Waals surface area contributed by atoms with Crippen molar-refractivity contribution in [1.82, 2.24) is 5.32 Å². The highest BCUT2D eigenvalue weighted by Crippen LogP contribution is 2.32. The third kappa shape index (κ3) is 5.43. The summed E-state index contributed by atoms with van der Waals surface area (Å²) in [5.74, 6) is 0.721. The first-order valence-electron chi connectivity index (χ1n) is 8.07. The Morgan fingerprint density at radius 2 is 2.10 bits per heavy atom. The first-order valence-corrected chi connectivity index (χ1v) is 9.24. The fourth-order valence-electron chi connectivity index (χ4n) is 3.02. The molecule has 1 N–H and O–H groups in total. The Morgan fingerprint density at radius 3 is 2.81 bits per heavy atom. The first kappa shape index (κ1) is 17.1. The van der Waals surface area contributed by atoms with Crippen molar-refractivity contribution in [2.75, 3.05) is 13.1 Å². The lowest BCUT2D eigenvalue weighted by atomic mass is 9.83. The minimum atomic E-state index is 0.721. The van der Waals surface area contributed by atoms with Crippen LogP contribution in [0.15, 0.2) is 28.2 Å². The molecule has 0 atom stereocenters. The van der Waals surface area contributed by atoms with Gasteiger partial charge in [-0.3, -0.25) is 0 Å². The number of halogens is 2. The number of benzene rings is 1. The molecule has 1 fully saturated rings. The molecule has 0 aromatic heterocycles. The van der Waals surface area contributed by atoms with E-state index in [1.54, 1.807) is 0 Å². The van der Waals surface area contributed by atoms with E-state index in [1.165, 1.54) is 44.1 Å². The molecule has 0 saturated heterocycles. The van der Waals surface area contributed by atoms with Crippen LogP contribution < -0.4 is 5.32 Å². The highest BCUT2D eigenvalue weighted by molar-refractivity contribution is 9.10. The van der Waals surface area contributed by atoms with Gasteiger partial charge in [-0.05, 0) is 55.5 Å². The molecule has 2 rings (SSSR count). The minimum absolute atomic E-state index is 0.721. The summed E-state index contributed by atoms with van der Waals surface area (Å²) < 4.78 is 1.09. The Kier molecular flexibility index (Phi) is 7.28. The van der Waals surface area contributed by atoms with E-state index in [-0.39, 0.29) is 0 Å². The van der Waals surface area contributed by atoms with Crippen LogP contribution >= 0.6 is 27.5 Å². The molecule has 0 heterocycles. The Morgan fingerprint density at radius 1 is 1.33 bits per heavy atom. The standard InChI is InChI=1S/C18H25BrClN/c1-2-10-21-13-16(14-6-4-3-5-7-14)11-15-12-17(19)8-9-18(15)20/h8-9,11-12,14,21H,2-7,10,13H2,1H3/b16-11-. The fourth-order valence-corrected chi connectivity index (χ4v) is 3.57. The van der Waals surface area contributed by atoms with Crippen LogP contribution in [0.1, 0.15) is 51.0 Å². The average molecular weight is 371 g/mol. The smallest absolute Gasteiger partial charge is 0.0479 e. The van der Waals surface area contributed by atoms with Crippen LogP contribution in [0.25, 0.3) is 6.08 Å². The topological polar surface area (TPSA) is 12.0 Å². The van der Waals surface area contributed by atoms with Crippen molar-refractivity contribution in [1.29, 1.82) is 0 Å². The molecule has 0 radical (unpaired) electrons. The van der Waals surface area contributed by atoms with Gasteiger partial charge in [0.2, 0.25) is 0 Å². The first-order chi connectivity index (χ1) is 10.2. The summed E-state index contributed by atoms with van der Waals surface area (Å²) in [5, 5.41) is 4.40. The summed E-state index contributed by atoms with van der Waals surface area (Å²) in [7, 11) is 0. The molecule has 1 aliphatic rings. The summed E-state index contributed by atoms with van der Waals surface area (Å²) in [6.07, 6.45) is 10.3. The van der Waals surface area contributed by atoms with E-state index in [2.05, 4.69) is 40.3 Å². The van der Waals surface area contributed by atoms with Gasteiger partial charge in [0.05, 0.1) is 0 Å². The molecule has 21 heavy (non-hydrogen) atoms. The number of rotatable bonds is 6. The molecule has 0 bridgehead atoms. The molecule has 0 aliphatic heterocycles. The Balaban J connectivity index is 2.19. The van der Waals surface area contributed by atoms with Gasteiger partial charge in [-0.1, -0.05) is 65.4 Å². The van der Waals surface area contributed by atoms with Crippen LogP contribution in [-0.4, -0.2) is 13.1 Å². The van der Waals surface area contributed by atoms with Gasteiger partial charge in [-0.15, -0.1) is 0 Å². The molecule has 1 aliphatic carbocycles. The van der Waals surface area contributed by atoms with Gasteiger partial charge in [0.15, 0.2) is 0 Å². The summed E-state index contributed by atoms with van der Waals surface area (Å²) in [6.45, 7) is 4.28. The highest BCUT2D eigenvalue weighted by Gasteiger charge is 2.18. The van der Waals surface area contributed by atoms with Crippen molar-refractivity contribution in [3.63, 3.8) is 0 Å². The zero-order chi connectivity index (χ0) is 15.1. The van der Waals surface area contributed by atoms with E-state index < -0.39 is 0 Å². The van der Waals surface area contributed by atoms with Crippen LogP contribution in [0.5, 0.6) is 0 Å². The van der Waals surface area contributed by atoms with Gasteiger partial charge in [0.1, 0.15) is 0 Å². The average Bonchev–Trinajstić information content (AvgIpc) is 2.51. The maximum absolute atomic E-state index is 6.35. The molecule has 1 aromatic rings. The van der Waals surface area contributed by atoms with Crippen LogP contribution in [-0.2, 0) is 0 Å². The van der Waals surface area contributed by atoms with Crippen molar-refractivity contribution < 1.29 is 0 Å². The predicted octanol–water partition coefficient (Wildman–Crippen LogP) is 6.07. The lowest BCUT2D eigenvalue weighted by molar-refractivity contribution is 0.396. The van der Waals surface area contributed by atoms with E-state index in [0.717, 1.165) is 34.1 Å². The summed E-state index contributed by atoms with van der Waals surface area (Å²) >= 11 is 9.90. The second kappa shape index (κ2) is 8.97. The van der Waals surface area contributed by atoms with E-state index in [4.69, 9.17) is 11.6 Å². The Labute approximate surface area is 142 Å². The van der Waals surface area contributed by atoms with Gasteiger partial charge in [-0.2, -0.15) is 0 Å². The summed E-state index contributed by atoms with van der Waals surface area (Å²) in [4.78, 5) is 0. The lowest BCUT2D eigenvalue weighted by Crippen LogP contribution is -2.23. The van der Waals surface area contributed by atoms with E-state index in [9.17, 15) is 0 Å². The van der Waals surface area contributed by atoms with Gasteiger partial charge >= 0.3 is 0 Å². The van der Waals surface area contributed by atoms with Gasteiger partial charge in [0.25, 0.3) is 0 Å². The lowest BCUT2D eigenvalue weighted by Gasteiger charge is -2.25. The SMILES string of the molecule is CCCNC/C(=C/c1cc(Br)ccc1Cl)C1CCCCC1. The minimum Gasteiger partial charge on any atom is -0.313 e. The van der Waals surface area contributed by atoms with Crippen molar-refractivity contribution in [2.45, 2.75) is 45.4 Å². The van der Waals surface area contributed by atoms with Crippen molar-refractivity contribution in [3.05, 3.63) is 38.8 Å². The second-order valence-corrected chi connectivity index (χ2v) is 7.22. The molecule has 3 heteroatoms. The number of hydrogen-bond acceptors (Lipinski definition) is 1. The monoisotopic (exact) mass is 369 g/mol. The molecule has 0 spiro atoms. The fraction of sp³-hybridized carbons (Fsp3) is 0.556. The molecule has 1 aromatic carbocycles. The summed E-state index contributed by atoms with van der Waals surface area (Å²) in [5.41, 5.74) is 2.65. The van der Waals surface area contributed by atoms with Crippen LogP contribution in [0, 0.1) is 5.92 Å². The molecular weight excluding hydrogens is 346 g/mol. The molecule has 0 amide bonds. The molecular formula is C18H25BrClN. The Bertz CT molecular complexity index is 478. The highest BCUT2D eigenvalue weighted by atomic mass is 79.9. The summed E-state index contributed by atoms with van der Waals surface area (Å²) in [6, 6.07) is 6.08. The molecule has 0 unspecified atom stereocenters. The zero-order valence-electron chi connectivity index (χ0n) is 12.8. The van der Waals surface area contributed by atoms with E-state index >= 15 is 0 Å². The van der Waals surface area contributed by atoms with E-state index in [1.807, 2.05) is 12.1 Å².